The lowest BCUT2D eigenvalue weighted by atomic mass is 9.85. The minimum atomic E-state index is -0.937. The van der Waals surface area contributed by atoms with Gasteiger partial charge in [-0.3, -0.25) is 4.98 Å². The first-order chi connectivity index (χ1) is 9.65. The van der Waals surface area contributed by atoms with Crippen molar-refractivity contribution in [3.63, 3.8) is 0 Å². The highest BCUT2D eigenvalue weighted by Crippen LogP contribution is 2.42. The van der Waals surface area contributed by atoms with Crippen molar-refractivity contribution in [2.45, 2.75) is 18.1 Å². The van der Waals surface area contributed by atoms with Gasteiger partial charge in [-0.25, -0.2) is 4.79 Å². The fourth-order valence-corrected chi connectivity index (χ4v) is 2.78. The van der Waals surface area contributed by atoms with Crippen LogP contribution in [0.4, 0.5) is 4.79 Å². The van der Waals surface area contributed by atoms with E-state index in [1.54, 1.807) is 19.4 Å². The third-order valence-electron chi connectivity index (χ3n) is 3.92. The van der Waals surface area contributed by atoms with Gasteiger partial charge in [-0.2, -0.15) is 0 Å². The molecule has 0 bridgehead atoms. The highest BCUT2D eigenvalue weighted by atomic mass is 16.7. The zero-order chi connectivity index (χ0) is 14.2. The molecule has 3 rings (SSSR count). The molecule has 0 radical (unpaired) electrons. The molecule has 0 spiro atoms. The van der Waals surface area contributed by atoms with Crippen LogP contribution in [-0.4, -0.2) is 54.2 Å². The number of nitrogens with zero attached hydrogens (tertiary/aromatic N) is 2. The van der Waals surface area contributed by atoms with E-state index in [2.05, 4.69) is 4.98 Å². The number of carbonyl (C=O) groups is 1. The Bertz CT molecular complexity index is 523. The van der Waals surface area contributed by atoms with Gasteiger partial charge < -0.3 is 24.2 Å². The molecule has 2 saturated heterocycles. The van der Waals surface area contributed by atoms with E-state index in [1.165, 1.54) is 4.90 Å². The SMILES string of the molecule is COc1ccnc([C@]23CCN(C(=O)O)C[C@H]2OCO3)c1. The summed E-state index contributed by atoms with van der Waals surface area (Å²) in [5, 5.41) is 9.09. The number of likely N-dealkylation sites (tertiary alicyclic amines) is 1. The van der Waals surface area contributed by atoms with Crippen molar-refractivity contribution in [3.8, 4) is 5.75 Å². The first-order valence-corrected chi connectivity index (χ1v) is 6.39. The first kappa shape index (κ1) is 13.1. The highest BCUT2D eigenvalue weighted by molar-refractivity contribution is 5.65. The van der Waals surface area contributed by atoms with E-state index in [4.69, 9.17) is 19.3 Å². The molecule has 0 aromatic carbocycles. The second-order valence-electron chi connectivity index (χ2n) is 4.87. The Kier molecular flexibility index (Phi) is 3.23. The van der Waals surface area contributed by atoms with Gasteiger partial charge >= 0.3 is 6.09 Å². The number of pyridine rings is 1. The summed E-state index contributed by atoms with van der Waals surface area (Å²) in [6.07, 6.45) is 0.898. The second kappa shape index (κ2) is 4.92. The van der Waals surface area contributed by atoms with Crippen molar-refractivity contribution < 1.29 is 24.1 Å². The smallest absolute Gasteiger partial charge is 0.407 e. The Morgan fingerprint density at radius 1 is 1.65 bits per heavy atom. The summed E-state index contributed by atoms with van der Waals surface area (Å²) in [6.45, 7) is 0.833. The monoisotopic (exact) mass is 280 g/mol. The zero-order valence-electron chi connectivity index (χ0n) is 11.1. The number of ether oxygens (including phenoxy) is 3. The van der Waals surface area contributed by atoms with Crippen molar-refractivity contribution >= 4 is 6.09 Å². The van der Waals surface area contributed by atoms with Crippen LogP contribution in [0, 0.1) is 0 Å². The average Bonchev–Trinajstić information content (AvgIpc) is 2.91. The normalized spacial score (nSPS) is 29.1. The van der Waals surface area contributed by atoms with E-state index in [1.807, 2.05) is 6.07 Å². The number of methoxy groups -OCH3 is 1. The van der Waals surface area contributed by atoms with E-state index in [0.717, 1.165) is 5.69 Å². The van der Waals surface area contributed by atoms with Crippen LogP contribution >= 0.6 is 0 Å². The van der Waals surface area contributed by atoms with Gasteiger partial charge in [0.25, 0.3) is 0 Å². The Hall–Kier alpha value is -1.86. The fraction of sp³-hybridized carbons (Fsp3) is 0.538. The third kappa shape index (κ3) is 1.99. The average molecular weight is 280 g/mol. The Labute approximate surface area is 116 Å². The van der Waals surface area contributed by atoms with E-state index in [9.17, 15) is 4.79 Å². The van der Waals surface area contributed by atoms with Crippen LogP contribution < -0.4 is 4.74 Å². The van der Waals surface area contributed by atoms with Gasteiger partial charge in [0, 0.05) is 25.2 Å². The molecule has 7 heteroatoms. The minimum absolute atomic E-state index is 0.150. The molecule has 1 amide bonds. The second-order valence-corrected chi connectivity index (χ2v) is 4.87. The lowest BCUT2D eigenvalue weighted by Crippen LogP contribution is -2.53. The number of carboxylic acid groups (broad SMARTS) is 1. The summed E-state index contributed by atoms with van der Waals surface area (Å²) in [5.41, 5.74) is 0.0462. The number of hydrogen-bond acceptors (Lipinski definition) is 5. The standard InChI is InChI=1S/C13H16N2O5/c1-18-9-2-4-14-10(6-9)13-3-5-15(12(16)17)7-11(13)19-8-20-13/h2,4,6,11H,3,5,7-8H2,1H3,(H,16,17)/t11-,13-/m1/s1. The molecule has 3 heterocycles. The summed E-state index contributed by atoms with van der Waals surface area (Å²) >= 11 is 0. The molecular weight excluding hydrogens is 264 g/mol. The van der Waals surface area contributed by atoms with Crippen molar-refractivity contribution in [2.75, 3.05) is 27.0 Å². The van der Waals surface area contributed by atoms with Gasteiger partial charge in [0.1, 0.15) is 24.2 Å². The summed E-state index contributed by atoms with van der Waals surface area (Å²) in [5.74, 6) is 0.694. The Morgan fingerprint density at radius 2 is 2.50 bits per heavy atom. The van der Waals surface area contributed by atoms with Crippen molar-refractivity contribution in [1.82, 2.24) is 9.88 Å². The van der Waals surface area contributed by atoms with E-state index < -0.39 is 11.7 Å². The van der Waals surface area contributed by atoms with Crippen LogP contribution in [0.15, 0.2) is 18.3 Å². The molecule has 1 N–H and O–H groups in total. The van der Waals surface area contributed by atoms with Gasteiger partial charge in [0.05, 0.1) is 19.3 Å². The quantitative estimate of drug-likeness (QED) is 0.871. The summed E-state index contributed by atoms with van der Waals surface area (Å²) < 4.78 is 16.6. The largest absolute Gasteiger partial charge is 0.497 e. The maximum Gasteiger partial charge on any atom is 0.407 e. The van der Waals surface area contributed by atoms with Gasteiger partial charge in [-0.1, -0.05) is 0 Å². The molecule has 2 aliphatic rings. The molecule has 2 aliphatic heterocycles. The van der Waals surface area contributed by atoms with Crippen LogP contribution in [0.3, 0.4) is 0 Å². The number of piperidine rings is 1. The maximum absolute atomic E-state index is 11.1. The lowest BCUT2D eigenvalue weighted by molar-refractivity contribution is -0.0478. The third-order valence-corrected chi connectivity index (χ3v) is 3.92. The fourth-order valence-electron chi connectivity index (χ4n) is 2.78. The van der Waals surface area contributed by atoms with Crippen LogP contribution in [0.1, 0.15) is 12.1 Å². The van der Waals surface area contributed by atoms with E-state index in [0.29, 0.717) is 18.7 Å². The van der Waals surface area contributed by atoms with Crippen LogP contribution in [0.2, 0.25) is 0 Å². The molecule has 1 aromatic heterocycles. The van der Waals surface area contributed by atoms with Crippen molar-refractivity contribution in [1.29, 1.82) is 0 Å². The lowest BCUT2D eigenvalue weighted by Gasteiger charge is -2.40. The van der Waals surface area contributed by atoms with Crippen molar-refractivity contribution in [3.05, 3.63) is 24.0 Å². The molecule has 0 unspecified atom stereocenters. The zero-order valence-corrected chi connectivity index (χ0v) is 11.1. The number of aromatic nitrogens is 1. The van der Waals surface area contributed by atoms with Gasteiger partial charge in [-0.15, -0.1) is 0 Å². The minimum Gasteiger partial charge on any atom is -0.497 e. The predicted molar refractivity (Wildman–Crippen MR) is 67.5 cm³/mol. The molecule has 0 saturated carbocycles. The molecule has 20 heavy (non-hydrogen) atoms. The highest BCUT2D eigenvalue weighted by Gasteiger charge is 2.52. The van der Waals surface area contributed by atoms with Crippen LogP contribution in [0.5, 0.6) is 5.75 Å². The molecule has 2 atom stereocenters. The molecular formula is C13H16N2O5. The van der Waals surface area contributed by atoms with E-state index >= 15 is 0 Å². The van der Waals surface area contributed by atoms with Crippen LogP contribution in [0.25, 0.3) is 0 Å². The van der Waals surface area contributed by atoms with Crippen LogP contribution in [-0.2, 0) is 15.1 Å². The number of hydrogen-bond donors (Lipinski definition) is 1. The van der Waals surface area contributed by atoms with Gasteiger partial charge in [-0.05, 0) is 6.07 Å². The Balaban J connectivity index is 1.92. The summed E-state index contributed by atoms with van der Waals surface area (Å²) in [4.78, 5) is 16.8. The molecule has 7 nitrogen and oxygen atoms in total. The molecule has 108 valence electrons. The number of amides is 1. The Morgan fingerprint density at radius 3 is 3.25 bits per heavy atom. The van der Waals surface area contributed by atoms with Gasteiger partial charge in [0.15, 0.2) is 0 Å². The summed E-state index contributed by atoms with van der Waals surface area (Å²) in [7, 11) is 1.59. The van der Waals surface area contributed by atoms with E-state index in [-0.39, 0.29) is 19.4 Å². The van der Waals surface area contributed by atoms with Gasteiger partial charge in [0.2, 0.25) is 0 Å². The maximum atomic E-state index is 11.1. The molecule has 0 aliphatic carbocycles. The summed E-state index contributed by atoms with van der Waals surface area (Å²) in [6, 6.07) is 3.58. The topological polar surface area (TPSA) is 81.1 Å². The molecule has 1 aromatic rings. The predicted octanol–water partition coefficient (Wildman–Crippen LogP) is 1.04. The number of fused-ring (bicyclic) bond motifs is 1. The molecule has 2 fully saturated rings. The first-order valence-electron chi connectivity index (χ1n) is 6.39. The van der Waals surface area contributed by atoms with Crippen molar-refractivity contribution in [2.24, 2.45) is 0 Å². The number of rotatable bonds is 2.